The fraction of sp³-hybridized carbons (Fsp3) is 0.231. The summed E-state index contributed by atoms with van der Waals surface area (Å²) in [5.74, 6) is -0.805. The number of carbonyl (C=O) groups is 2. The molecule has 0 bridgehead atoms. The van der Waals surface area contributed by atoms with Gasteiger partial charge in [-0.25, -0.2) is 0 Å². The Balaban J connectivity index is 2.73. The van der Waals surface area contributed by atoms with Crippen LogP contribution in [-0.2, 0) is 4.74 Å². The van der Waals surface area contributed by atoms with Gasteiger partial charge in [-0.3, -0.25) is 9.59 Å². The van der Waals surface area contributed by atoms with Crippen LogP contribution in [0.3, 0.4) is 0 Å². The smallest absolute Gasteiger partial charge is 0.228 e. The van der Waals surface area contributed by atoms with Crippen LogP contribution in [0.4, 0.5) is 0 Å². The third-order valence-electron chi connectivity index (χ3n) is 2.89. The minimum Gasteiger partial charge on any atom is -0.507 e. The molecule has 0 amide bonds. The van der Waals surface area contributed by atoms with Crippen LogP contribution in [0.2, 0.25) is 0 Å². The van der Waals surface area contributed by atoms with Crippen molar-refractivity contribution < 1.29 is 24.2 Å². The second-order valence-corrected chi connectivity index (χ2v) is 3.89. The maximum absolute atomic E-state index is 12.1. The van der Waals surface area contributed by atoms with Gasteiger partial charge in [0, 0.05) is 17.2 Å². The Kier molecular flexibility index (Phi) is 2.82. The number of phenolic OH excluding ortho intramolecular Hbond substituents is 1. The summed E-state index contributed by atoms with van der Waals surface area (Å²) >= 11 is 0. The van der Waals surface area contributed by atoms with Crippen LogP contribution in [0.15, 0.2) is 23.5 Å². The van der Waals surface area contributed by atoms with Crippen molar-refractivity contribution >= 4 is 11.6 Å². The number of methoxy groups -OCH3 is 2. The number of ketones is 2. The highest BCUT2D eigenvalue weighted by atomic mass is 16.5. The van der Waals surface area contributed by atoms with E-state index in [4.69, 9.17) is 9.47 Å². The van der Waals surface area contributed by atoms with Gasteiger partial charge in [-0.2, -0.15) is 0 Å². The van der Waals surface area contributed by atoms with E-state index in [-0.39, 0.29) is 28.2 Å². The fourth-order valence-electron chi connectivity index (χ4n) is 1.97. The number of fused-ring (bicyclic) bond motifs is 1. The SMILES string of the molecule is COC1=C(C)C(=O)c2c(O)cc(OC)cc2C1=O. The molecule has 1 aliphatic carbocycles. The lowest BCUT2D eigenvalue weighted by Crippen LogP contribution is -2.22. The standard InChI is InChI=1S/C13H12O5/c1-6-11(15)10-8(12(16)13(6)18-3)4-7(17-2)5-9(10)14/h4-5,14H,1-3H3. The molecule has 0 aliphatic heterocycles. The zero-order chi connectivity index (χ0) is 13.4. The monoisotopic (exact) mass is 248 g/mol. The van der Waals surface area contributed by atoms with Gasteiger partial charge in [-0.15, -0.1) is 0 Å². The number of rotatable bonds is 2. The summed E-state index contributed by atoms with van der Waals surface area (Å²) in [6, 6.07) is 2.72. The molecule has 0 spiro atoms. The summed E-state index contributed by atoms with van der Waals surface area (Å²) in [6.07, 6.45) is 0. The zero-order valence-electron chi connectivity index (χ0n) is 10.2. The van der Waals surface area contributed by atoms with E-state index in [1.54, 1.807) is 0 Å². The number of carbonyl (C=O) groups excluding carboxylic acids is 2. The zero-order valence-corrected chi connectivity index (χ0v) is 10.2. The summed E-state index contributed by atoms with van der Waals surface area (Å²) in [6.45, 7) is 1.49. The van der Waals surface area contributed by atoms with Crippen molar-refractivity contribution in [2.45, 2.75) is 6.92 Å². The van der Waals surface area contributed by atoms with Gasteiger partial charge in [0.1, 0.15) is 11.5 Å². The highest BCUT2D eigenvalue weighted by Crippen LogP contribution is 2.35. The first-order chi connectivity index (χ1) is 8.51. The summed E-state index contributed by atoms with van der Waals surface area (Å²) in [7, 11) is 2.74. The molecule has 0 radical (unpaired) electrons. The van der Waals surface area contributed by atoms with Crippen LogP contribution >= 0.6 is 0 Å². The maximum atomic E-state index is 12.1. The lowest BCUT2D eigenvalue weighted by atomic mass is 9.88. The molecule has 5 heteroatoms. The average Bonchev–Trinajstić information content (AvgIpc) is 2.36. The number of hydrogen-bond donors (Lipinski definition) is 1. The van der Waals surface area contributed by atoms with E-state index >= 15 is 0 Å². The van der Waals surface area contributed by atoms with Crippen LogP contribution < -0.4 is 4.74 Å². The molecule has 1 aromatic rings. The second kappa shape index (κ2) is 4.18. The molecule has 0 saturated heterocycles. The van der Waals surface area contributed by atoms with Gasteiger partial charge in [0.2, 0.25) is 5.78 Å². The number of Topliss-reactive ketones (excluding diaryl/α,β-unsaturated/α-hetero) is 2. The number of phenols is 1. The Morgan fingerprint density at radius 2 is 1.72 bits per heavy atom. The highest BCUT2D eigenvalue weighted by Gasteiger charge is 2.33. The second-order valence-electron chi connectivity index (χ2n) is 3.89. The van der Waals surface area contributed by atoms with E-state index in [2.05, 4.69) is 0 Å². The Hall–Kier alpha value is -2.30. The molecule has 18 heavy (non-hydrogen) atoms. The average molecular weight is 248 g/mol. The Morgan fingerprint density at radius 1 is 1.06 bits per heavy atom. The Morgan fingerprint density at radius 3 is 2.28 bits per heavy atom. The van der Waals surface area contributed by atoms with Crippen molar-refractivity contribution in [3.63, 3.8) is 0 Å². The predicted molar refractivity (Wildman–Crippen MR) is 63.0 cm³/mol. The summed E-state index contributed by atoms with van der Waals surface area (Å²) in [5, 5.41) is 9.82. The van der Waals surface area contributed by atoms with Gasteiger partial charge in [0.15, 0.2) is 11.5 Å². The van der Waals surface area contributed by atoms with Gasteiger partial charge in [-0.05, 0) is 13.0 Å². The first kappa shape index (κ1) is 12.2. The molecule has 1 N–H and O–H groups in total. The fourth-order valence-corrected chi connectivity index (χ4v) is 1.97. The number of allylic oxidation sites excluding steroid dienone is 2. The van der Waals surface area contributed by atoms with Crippen molar-refractivity contribution in [3.05, 3.63) is 34.6 Å². The largest absolute Gasteiger partial charge is 0.507 e. The topological polar surface area (TPSA) is 72.8 Å². The molecule has 5 nitrogen and oxygen atoms in total. The van der Waals surface area contributed by atoms with Gasteiger partial charge in [0.25, 0.3) is 0 Å². The van der Waals surface area contributed by atoms with E-state index in [0.29, 0.717) is 5.75 Å². The first-order valence-electron chi connectivity index (χ1n) is 5.26. The summed E-state index contributed by atoms with van der Waals surface area (Å²) in [4.78, 5) is 24.2. The molecule has 94 valence electrons. The van der Waals surface area contributed by atoms with E-state index in [1.807, 2.05) is 0 Å². The molecule has 1 aliphatic rings. The van der Waals surface area contributed by atoms with Crippen molar-refractivity contribution in [2.75, 3.05) is 14.2 Å². The number of hydrogen-bond acceptors (Lipinski definition) is 5. The summed E-state index contributed by atoms with van der Waals surface area (Å²) in [5.41, 5.74) is 0.286. The third-order valence-corrected chi connectivity index (χ3v) is 2.89. The van der Waals surface area contributed by atoms with Gasteiger partial charge in [-0.1, -0.05) is 0 Å². The molecular weight excluding hydrogens is 236 g/mol. The molecular formula is C13H12O5. The normalized spacial score (nSPS) is 14.6. The molecule has 2 rings (SSSR count). The van der Waals surface area contributed by atoms with Gasteiger partial charge in [0.05, 0.1) is 19.8 Å². The molecule has 0 atom stereocenters. The quantitative estimate of drug-likeness (QED) is 0.862. The van der Waals surface area contributed by atoms with Gasteiger partial charge >= 0.3 is 0 Å². The van der Waals surface area contributed by atoms with Crippen LogP contribution in [0, 0.1) is 0 Å². The third kappa shape index (κ3) is 1.55. The lowest BCUT2D eigenvalue weighted by molar-refractivity contribution is 0.0904. The minimum absolute atomic E-state index is 0.000142. The molecule has 0 saturated carbocycles. The summed E-state index contributed by atoms with van der Waals surface area (Å²) < 4.78 is 9.90. The number of ether oxygens (including phenoxy) is 2. The molecule has 0 heterocycles. The van der Waals surface area contributed by atoms with E-state index in [1.165, 1.54) is 33.3 Å². The molecule has 1 aromatic carbocycles. The van der Waals surface area contributed by atoms with Crippen LogP contribution in [0.5, 0.6) is 11.5 Å². The first-order valence-corrected chi connectivity index (χ1v) is 5.26. The number of aromatic hydroxyl groups is 1. The predicted octanol–water partition coefficient (Wildman–Crippen LogP) is 1.70. The van der Waals surface area contributed by atoms with Crippen LogP contribution in [-0.4, -0.2) is 30.9 Å². The minimum atomic E-state index is -0.432. The van der Waals surface area contributed by atoms with Crippen molar-refractivity contribution in [1.82, 2.24) is 0 Å². The Labute approximate surface area is 104 Å². The van der Waals surface area contributed by atoms with Gasteiger partial charge < -0.3 is 14.6 Å². The number of benzene rings is 1. The lowest BCUT2D eigenvalue weighted by Gasteiger charge is -2.19. The molecule has 0 unspecified atom stereocenters. The van der Waals surface area contributed by atoms with E-state index in [9.17, 15) is 14.7 Å². The van der Waals surface area contributed by atoms with Crippen molar-refractivity contribution in [2.24, 2.45) is 0 Å². The van der Waals surface area contributed by atoms with Crippen LogP contribution in [0.1, 0.15) is 27.6 Å². The van der Waals surface area contributed by atoms with E-state index < -0.39 is 11.6 Å². The Bertz CT molecular complexity index is 583. The van der Waals surface area contributed by atoms with Crippen molar-refractivity contribution in [3.8, 4) is 11.5 Å². The molecule has 0 aromatic heterocycles. The molecule has 0 fully saturated rings. The van der Waals surface area contributed by atoms with Crippen molar-refractivity contribution in [1.29, 1.82) is 0 Å². The maximum Gasteiger partial charge on any atom is 0.228 e. The van der Waals surface area contributed by atoms with Crippen LogP contribution in [0.25, 0.3) is 0 Å². The highest BCUT2D eigenvalue weighted by molar-refractivity contribution is 6.27. The van der Waals surface area contributed by atoms with E-state index in [0.717, 1.165) is 0 Å².